The van der Waals surface area contributed by atoms with E-state index in [4.69, 9.17) is 0 Å². The second-order valence-corrected chi connectivity index (χ2v) is 6.68. The Morgan fingerprint density at radius 2 is 2.06 bits per heavy atom. The summed E-state index contributed by atoms with van der Waals surface area (Å²) in [5.74, 6) is 1.98. The van der Waals surface area contributed by atoms with E-state index in [0.29, 0.717) is 35.2 Å². The Morgan fingerprint density at radius 1 is 1.44 bits per heavy atom. The van der Waals surface area contributed by atoms with E-state index < -0.39 is 0 Å². The standard InChI is InChI=1S/C13H18O2S/c1-7(14)6-16-8(2)11-10(15)5-9-12(11)13(9,3)4/h9,12H,5-6H2,1-4H3. The average molecular weight is 238 g/mol. The van der Waals surface area contributed by atoms with Gasteiger partial charge in [-0.15, -0.1) is 11.8 Å². The van der Waals surface area contributed by atoms with Crippen molar-refractivity contribution in [3.8, 4) is 0 Å². The molecule has 0 aromatic carbocycles. The van der Waals surface area contributed by atoms with Crippen LogP contribution in [-0.2, 0) is 9.59 Å². The molecule has 0 radical (unpaired) electrons. The molecule has 2 nitrogen and oxygen atoms in total. The SMILES string of the molecule is CC(=O)CSC(C)=C1C(=O)CC2C1C2(C)C. The zero-order valence-corrected chi connectivity index (χ0v) is 11.1. The Balaban J connectivity index is 2.16. The van der Waals surface area contributed by atoms with E-state index in [1.165, 1.54) is 11.8 Å². The number of ketones is 2. The van der Waals surface area contributed by atoms with Gasteiger partial charge in [-0.05, 0) is 36.0 Å². The molecule has 2 saturated carbocycles. The zero-order chi connectivity index (χ0) is 12.1. The van der Waals surface area contributed by atoms with Gasteiger partial charge in [-0.1, -0.05) is 13.8 Å². The van der Waals surface area contributed by atoms with Crippen LogP contribution in [0.15, 0.2) is 10.5 Å². The van der Waals surface area contributed by atoms with Crippen molar-refractivity contribution >= 4 is 23.3 Å². The van der Waals surface area contributed by atoms with E-state index in [2.05, 4.69) is 13.8 Å². The molecule has 0 aliphatic heterocycles. The topological polar surface area (TPSA) is 34.1 Å². The largest absolute Gasteiger partial charge is 0.299 e. The molecule has 0 N–H and O–H groups in total. The number of fused-ring (bicyclic) bond motifs is 1. The van der Waals surface area contributed by atoms with E-state index in [9.17, 15) is 9.59 Å². The number of Topliss-reactive ketones (excluding diaryl/α,β-unsaturated/α-hetero) is 2. The van der Waals surface area contributed by atoms with Gasteiger partial charge in [0.25, 0.3) is 0 Å². The number of allylic oxidation sites excluding steroid dienone is 2. The molecule has 0 amide bonds. The molecule has 2 unspecified atom stereocenters. The minimum atomic E-state index is 0.169. The fourth-order valence-electron chi connectivity index (χ4n) is 2.88. The quantitative estimate of drug-likeness (QED) is 0.709. The van der Waals surface area contributed by atoms with Crippen LogP contribution in [0.4, 0.5) is 0 Å². The van der Waals surface area contributed by atoms with Gasteiger partial charge in [-0.2, -0.15) is 0 Å². The number of carbonyl (C=O) groups excluding carboxylic acids is 2. The van der Waals surface area contributed by atoms with Gasteiger partial charge in [0, 0.05) is 12.0 Å². The van der Waals surface area contributed by atoms with Gasteiger partial charge in [0.15, 0.2) is 5.78 Å². The molecular weight excluding hydrogens is 220 g/mol. The Morgan fingerprint density at radius 3 is 2.56 bits per heavy atom. The van der Waals surface area contributed by atoms with Crippen molar-refractivity contribution in [2.75, 3.05) is 5.75 Å². The van der Waals surface area contributed by atoms with Gasteiger partial charge in [-0.25, -0.2) is 0 Å². The smallest absolute Gasteiger partial charge is 0.160 e. The Labute approximate surface area is 101 Å². The number of hydrogen-bond acceptors (Lipinski definition) is 3. The molecule has 0 saturated heterocycles. The molecular formula is C13H18O2S. The second-order valence-electron chi connectivity index (χ2n) is 5.49. The maximum atomic E-state index is 11.8. The van der Waals surface area contributed by atoms with Crippen LogP contribution in [0.2, 0.25) is 0 Å². The van der Waals surface area contributed by atoms with Gasteiger partial charge in [0.05, 0.1) is 5.75 Å². The van der Waals surface area contributed by atoms with Crippen molar-refractivity contribution in [3.05, 3.63) is 10.5 Å². The molecule has 0 aromatic rings. The van der Waals surface area contributed by atoms with E-state index in [0.717, 1.165) is 10.5 Å². The summed E-state index contributed by atoms with van der Waals surface area (Å²) in [7, 11) is 0. The summed E-state index contributed by atoms with van der Waals surface area (Å²) in [6.07, 6.45) is 0.713. The van der Waals surface area contributed by atoms with Gasteiger partial charge in [0.1, 0.15) is 5.78 Å². The maximum absolute atomic E-state index is 11.8. The normalized spacial score (nSPS) is 33.6. The second kappa shape index (κ2) is 3.73. The number of rotatable bonds is 3. The first-order valence-corrected chi connectivity index (χ1v) is 6.70. The molecule has 0 bridgehead atoms. The molecule has 3 heteroatoms. The van der Waals surface area contributed by atoms with E-state index in [1.54, 1.807) is 6.92 Å². The molecule has 0 aromatic heterocycles. The third-order valence-corrected chi connectivity index (χ3v) is 5.14. The molecule has 2 fully saturated rings. The van der Waals surface area contributed by atoms with Crippen LogP contribution in [-0.4, -0.2) is 17.3 Å². The molecule has 2 atom stereocenters. The number of hydrogen-bond donors (Lipinski definition) is 0. The highest BCUT2D eigenvalue weighted by Gasteiger charge is 2.65. The third-order valence-electron chi connectivity index (χ3n) is 3.94. The predicted octanol–water partition coefficient (Wildman–Crippen LogP) is 2.83. The first-order chi connectivity index (χ1) is 7.35. The lowest BCUT2D eigenvalue weighted by atomic mass is 9.96. The molecule has 16 heavy (non-hydrogen) atoms. The van der Waals surface area contributed by atoms with Gasteiger partial charge >= 0.3 is 0 Å². The lowest BCUT2D eigenvalue weighted by molar-refractivity contribution is -0.116. The minimum absolute atomic E-state index is 0.169. The molecule has 0 spiro atoms. The van der Waals surface area contributed by atoms with Crippen molar-refractivity contribution in [2.45, 2.75) is 34.1 Å². The maximum Gasteiger partial charge on any atom is 0.160 e. The number of carbonyl (C=O) groups is 2. The fourth-order valence-corrected chi connectivity index (χ4v) is 3.70. The van der Waals surface area contributed by atoms with Gasteiger partial charge in [-0.3, -0.25) is 9.59 Å². The summed E-state index contributed by atoms with van der Waals surface area (Å²) >= 11 is 1.53. The Hall–Kier alpha value is -0.570. The van der Waals surface area contributed by atoms with E-state index in [1.807, 2.05) is 6.92 Å². The van der Waals surface area contributed by atoms with Crippen molar-refractivity contribution in [1.29, 1.82) is 0 Å². The van der Waals surface area contributed by atoms with Crippen LogP contribution in [0.5, 0.6) is 0 Å². The van der Waals surface area contributed by atoms with Crippen LogP contribution in [0.1, 0.15) is 34.1 Å². The highest BCUT2D eigenvalue weighted by Crippen LogP contribution is 2.68. The summed E-state index contributed by atoms with van der Waals surface area (Å²) in [5, 5.41) is 0. The first-order valence-electron chi connectivity index (χ1n) is 5.72. The van der Waals surface area contributed by atoms with Crippen LogP contribution in [0, 0.1) is 17.3 Å². The lowest BCUT2D eigenvalue weighted by Crippen LogP contribution is -2.09. The zero-order valence-electron chi connectivity index (χ0n) is 10.3. The highest BCUT2D eigenvalue weighted by atomic mass is 32.2. The van der Waals surface area contributed by atoms with Gasteiger partial charge < -0.3 is 0 Å². The van der Waals surface area contributed by atoms with Crippen molar-refractivity contribution in [2.24, 2.45) is 17.3 Å². The molecule has 2 aliphatic rings. The Bertz CT molecular complexity index is 393. The minimum Gasteiger partial charge on any atom is -0.299 e. The summed E-state index contributed by atoms with van der Waals surface area (Å²) in [5.41, 5.74) is 1.32. The van der Waals surface area contributed by atoms with Crippen LogP contribution in [0.3, 0.4) is 0 Å². The summed E-state index contributed by atoms with van der Waals surface area (Å²) in [6.45, 7) is 8.04. The molecule has 2 rings (SSSR count). The highest BCUT2D eigenvalue weighted by molar-refractivity contribution is 8.03. The number of thioether (sulfide) groups is 1. The summed E-state index contributed by atoms with van der Waals surface area (Å²) in [6, 6.07) is 0. The van der Waals surface area contributed by atoms with Crippen molar-refractivity contribution in [3.63, 3.8) is 0 Å². The first kappa shape index (κ1) is 11.9. The summed E-state index contributed by atoms with van der Waals surface area (Å²) in [4.78, 5) is 23.8. The Kier molecular flexibility index (Phi) is 2.77. The molecule has 88 valence electrons. The van der Waals surface area contributed by atoms with Crippen molar-refractivity contribution in [1.82, 2.24) is 0 Å². The monoisotopic (exact) mass is 238 g/mol. The predicted molar refractivity (Wildman–Crippen MR) is 66.2 cm³/mol. The van der Waals surface area contributed by atoms with Crippen LogP contribution in [0.25, 0.3) is 0 Å². The fraction of sp³-hybridized carbons (Fsp3) is 0.692. The average Bonchev–Trinajstić information content (AvgIpc) is 2.59. The summed E-state index contributed by atoms with van der Waals surface area (Å²) < 4.78 is 0. The van der Waals surface area contributed by atoms with E-state index in [-0.39, 0.29) is 5.78 Å². The molecule has 0 heterocycles. The van der Waals surface area contributed by atoms with Crippen molar-refractivity contribution < 1.29 is 9.59 Å². The van der Waals surface area contributed by atoms with Crippen LogP contribution < -0.4 is 0 Å². The molecule has 2 aliphatic carbocycles. The van der Waals surface area contributed by atoms with Gasteiger partial charge in [0.2, 0.25) is 0 Å². The van der Waals surface area contributed by atoms with Crippen LogP contribution >= 0.6 is 11.8 Å². The lowest BCUT2D eigenvalue weighted by Gasteiger charge is -2.12. The third kappa shape index (κ3) is 1.75. The van der Waals surface area contributed by atoms with E-state index >= 15 is 0 Å².